The van der Waals surface area contributed by atoms with Crippen LogP contribution < -0.4 is 14.8 Å². The predicted octanol–water partition coefficient (Wildman–Crippen LogP) is 1.78. The summed E-state index contributed by atoms with van der Waals surface area (Å²) in [5.74, 6) is 2.53. The average Bonchev–Trinajstić information content (AvgIpc) is 2.97. The second-order valence-electron chi connectivity index (χ2n) is 4.37. The summed E-state index contributed by atoms with van der Waals surface area (Å²) in [5.41, 5.74) is 1.23. The molecule has 0 saturated heterocycles. The van der Waals surface area contributed by atoms with Gasteiger partial charge in [-0.15, -0.1) is 0 Å². The molecule has 0 aliphatic carbocycles. The molecule has 2 heterocycles. The molecule has 0 fully saturated rings. The SMILES string of the molecule is c1ncc(CNCCc2ccc3c(c2)OCCO3)o1. The first kappa shape index (κ1) is 12.0. The lowest BCUT2D eigenvalue weighted by Crippen LogP contribution is -2.17. The normalized spacial score (nSPS) is 13.5. The van der Waals surface area contributed by atoms with Gasteiger partial charge in [-0.3, -0.25) is 0 Å². The van der Waals surface area contributed by atoms with Crippen molar-refractivity contribution in [2.45, 2.75) is 13.0 Å². The molecule has 19 heavy (non-hydrogen) atoms. The van der Waals surface area contributed by atoms with Gasteiger partial charge in [0.15, 0.2) is 17.9 Å². The molecule has 1 aliphatic rings. The van der Waals surface area contributed by atoms with E-state index in [0.717, 1.165) is 30.2 Å². The summed E-state index contributed by atoms with van der Waals surface area (Å²) in [6, 6.07) is 6.09. The molecule has 1 aliphatic heterocycles. The zero-order chi connectivity index (χ0) is 12.9. The Hall–Kier alpha value is -2.01. The molecule has 1 aromatic carbocycles. The fraction of sp³-hybridized carbons (Fsp3) is 0.357. The van der Waals surface area contributed by atoms with E-state index in [4.69, 9.17) is 13.9 Å². The van der Waals surface area contributed by atoms with Gasteiger partial charge in [0.2, 0.25) is 0 Å². The quantitative estimate of drug-likeness (QED) is 0.830. The number of nitrogens with zero attached hydrogens (tertiary/aromatic N) is 1. The Morgan fingerprint density at radius 3 is 2.89 bits per heavy atom. The smallest absolute Gasteiger partial charge is 0.180 e. The topological polar surface area (TPSA) is 56.5 Å². The van der Waals surface area contributed by atoms with Crippen LogP contribution in [0, 0.1) is 0 Å². The highest BCUT2D eigenvalue weighted by molar-refractivity contribution is 5.43. The van der Waals surface area contributed by atoms with E-state index in [1.807, 2.05) is 12.1 Å². The summed E-state index contributed by atoms with van der Waals surface area (Å²) >= 11 is 0. The van der Waals surface area contributed by atoms with Crippen molar-refractivity contribution in [1.82, 2.24) is 10.3 Å². The summed E-state index contributed by atoms with van der Waals surface area (Å²) in [6.45, 7) is 2.83. The van der Waals surface area contributed by atoms with Crippen molar-refractivity contribution in [1.29, 1.82) is 0 Å². The number of hydrogen-bond donors (Lipinski definition) is 1. The number of nitrogens with one attached hydrogen (secondary N) is 1. The molecule has 3 rings (SSSR count). The number of benzene rings is 1. The molecule has 2 aromatic rings. The largest absolute Gasteiger partial charge is 0.486 e. The van der Waals surface area contributed by atoms with Crippen LogP contribution in [-0.4, -0.2) is 24.7 Å². The zero-order valence-electron chi connectivity index (χ0n) is 10.6. The second kappa shape index (κ2) is 5.75. The van der Waals surface area contributed by atoms with Gasteiger partial charge in [0.05, 0.1) is 12.7 Å². The van der Waals surface area contributed by atoms with Crippen molar-refractivity contribution in [3.05, 3.63) is 42.1 Å². The van der Waals surface area contributed by atoms with E-state index in [2.05, 4.69) is 16.4 Å². The molecule has 0 bridgehead atoms. The van der Waals surface area contributed by atoms with Crippen LogP contribution in [0.5, 0.6) is 11.5 Å². The molecule has 5 heteroatoms. The number of fused-ring (bicyclic) bond motifs is 1. The van der Waals surface area contributed by atoms with E-state index in [-0.39, 0.29) is 0 Å². The Balaban J connectivity index is 1.50. The summed E-state index contributed by atoms with van der Waals surface area (Å²) in [4.78, 5) is 3.87. The molecule has 0 atom stereocenters. The molecular formula is C14H16N2O3. The van der Waals surface area contributed by atoms with Crippen LogP contribution in [0.3, 0.4) is 0 Å². The van der Waals surface area contributed by atoms with Gasteiger partial charge in [-0.25, -0.2) is 4.98 Å². The number of ether oxygens (including phenoxy) is 2. The fourth-order valence-corrected chi connectivity index (χ4v) is 2.02. The van der Waals surface area contributed by atoms with Crippen molar-refractivity contribution in [3.63, 3.8) is 0 Å². The van der Waals surface area contributed by atoms with Crippen LogP contribution in [0.25, 0.3) is 0 Å². The molecule has 0 spiro atoms. The molecule has 100 valence electrons. The van der Waals surface area contributed by atoms with Crippen molar-refractivity contribution in [3.8, 4) is 11.5 Å². The third-order valence-corrected chi connectivity index (χ3v) is 2.98. The highest BCUT2D eigenvalue weighted by Crippen LogP contribution is 2.30. The monoisotopic (exact) mass is 260 g/mol. The highest BCUT2D eigenvalue weighted by atomic mass is 16.6. The van der Waals surface area contributed by atoms with Crippen molar-refractivity contribution in [2.75, 3.05) is 19.8 Å². The van der Waals surface area contributed by atoms with Crippen LogP contribution in [0.2, 0.25) is 0 Å². The average molecular weight is 260 g/mol. The van der Waals surface area contributed by atoms with Crippen molar-refractivity contribution >= 4 is 0 Å². The summed E-state index contributed by atoms with van der Waals surface area (Å²) in [6.07, 6.45) is 4.10. The number of oxazole rings is 1. The van der Waals surface area contributed by atoms with E-state index in [0.29, 0.717) is 19.8 Å². The van der Waals surface area contributed by atoms with Crippen LogP contribution in [0.1, 0.15) is 11.3 Å². The number of hydrogen-bond acceptors (Lipinski definition) is 5. The molecule has 0 amide bonds. The minimum absolute atomic E-state index is 0.625. The lowest BCUT2D eigenvalue weighted by Gasteiger charge is -2.18. The van der Waals surface area contributed by atoms with Gasteiger partial charge < -0.3 is 19.2 Å². The minimum Gasteiger partial charge on any atom is -0.486 e. The van der Waals surface area contributed by atoms with Crippen molar-refractivity contribution in [2.24, 2.45) is 0 Å². The Morgan fingerprint density at radius 1 is 1.16 bits per heavy atom. The lowest BCUT2D eigenvalue weighted by molar-refractivity contribution is 0.171. The minimum atomic E-state index is 0.625. The maximum Gasteiger partial charge on any atom is 0.180 e. The first-order chi connectivity index (χ1) is 9.42. The van der Waals surface area contributed by atoms with Gasteiger partial charge in [-0.05, 0) is 30.7 Å². The van der Waals surface area contributed by atoms with E-state index < -0.39 is 0 Å². The third-order valence-electron chi connectivity index (χ3n) is 2.98. The Labute approximate surface area is 111 Å². The highest BCUT2D eigenvalue weighted by Gasteiger charge is 2.11. The summed E-state index contributed by atoms with van der Waals surface area (Å²) in [5, 5.41) is 3.31. The Bertz CT molecular complexity index is 525. The van der Waals surface area contributed by atoms with Gasteiger partial charge in [-0.2, -0.15) is 0 Å². The zero-order valence-corrected chi connectivity index (χ0v) is 10.6. The van der Waals surface area contributed by atoms with E-state index in [1.165, 1.54) is 12.0 Å². The number of rotatable bonds is 5. The van der Waals surface area contributed by atoms with Gasteiger partial charge in [0.25, 0.3) is 0 Å². The lowest BCUT2D eigenvalue weighted by atomic mass is 10.1. The first-order valence-electron chi connectivity index (χ1n) is 6.38. The van der Waals surface area contributed by atoms with E-state index in [1.54, 1.807) is 6.20 Å². The van der Waals surface area contributed by atoms with E-state index >= 15 is 0 Å². The molecule has 0 radical (unpaired) electrons. The standard InChI is InChI=1S/C14H16N2O3/c1-2-13-14(18-6-5-17-13)7-11(1)3-4-15-8-12-9-16-10-19-12/h1-2,7,9-10,15H,3-6,8H2. The molecule has 5 nitrogen and oxygen atoms in total. The van der Waals surface area contributed by atoms with Gasteiger partial charge in [-0.1, -0.05) is 6.07 Å². The van der Waals surface area contributed by atoms with Crippen LogP contribution in [0.4, 0.5) is 0 Å². The Kier molecular flexibility index (Phi) is 3.65. The second-order valence-corrected chi connectivity index (χ2v) is 4.37. The number of aromatic nitrogens is 1. The predicted molar refractivity (Wildman–Crippen MR) is 69.3 cm³/mol. The van der Waals surface area contributed by atoms with Crippen LogP contribution >= 0.6 is 0 Å². The summed E-state index contributed by atoms with van der Waals surface area (Å²) in [7, 11) is 0. The van der Waals surface area contributed by atoms with Gasteiger partial charge in [0.1, 0.15) is 19.0 Å². The Morgan fingerprint density at radius 2 is 2.05 bits per heavy atom. The van der Waals surface area contributed by atoms with Crippen LogP contribution in [0.15, 0.2) is 35.2 Å². The molecule has 1 N–H and O–H groups in total. The molecule has 0 unspecified atom stereocenters. The first-order valence-corrected chi connectivity index (χ1v) is 6.38. The van der Waals surface area contributed by atoms with Crippen LogP contribution in [-0.2, 0) is 13.0 Å². The molecular weight excluding hydrogens is 244 g/mol. The fourth-order valence-electron chi connectivity index (χ4n) is 2.02. The molecule has 1 aromatic heterocycles. The molecule has 0 saturated carbocycles. The van der Waals surface area contributed by atoms with Crippen molar-refractivity contribution < 1.29 is 13.9 Å². The maximum atomic E-state index is 5.56. The maximum absolute atomic E-state index is 5.56. The third kappa shape index (κ3) is 3.06. The van der Waals surface area contributed by atoms with Gasteiger partial charge >= 0.3 is 0 Å². The van der Waals surface area contributed by atoms with E-state index in [9.17, 15) is 0 Å². The van der Waals surface area contributed by atoms with Gasteiger partial charge in [0, 0.05) is 0 Å². The summed E-state index contributed by atoms with van der Waals surface area (Å²) < 4.78 is 16.2.